The van der Waals surface area contributed by atoms with Gasteiger partial charge in [-0.15, -0.1) is 0 Å². The molecule has 6 heteroatoms. The molecule has 0 saturated heterocycles. The zero-order valence-corrected chi connectivity index (χ0v) is 32.4. The summed E-state index contributed by atoms with van der Waals surface area (Å²) >= 11 is 0. The van der Waals surface area contributed by atoms with Gasteiger partial charge in [0.15, 0.2) is 6.10 Å². The van der Waals surface area contributed by atoms with Crippen LogP contribution in [0.4, 0.5) is 0 Å². The van der Waals surface area contributed by atoms with Crippen LogP contribution in [0.2, 0.25) is 0 Å². The quantitative estimate of drug-likeness (QED) is 0.0369. The smallest absolute Gasteiger partial charge is 0.306 e. The second kappa shape index (κ2) is 36.7. The summed E-state index contributed by atoms with van der Waals surface area (Å²) in [6.45, 7) is 8.87. The van der Waals surface area contributed by atoms with Gasteiger partial charge in [-0.2, -0.15) is 0 Å². The van der Waals surface area contributed by atoms with E-state index in [1.165, 1.54) is 116 Å². The lowest BCUT2D eigenvalue weighted by Gasteiger charge is -2.18. The number of carbonyl (C=O) groups excluding carboxylic acids is 3. The lowest BCUT2D eigenvalue weighted by atomic mass is 10.0. The summed E-state index contributed by atoms with van der Waals surface area (Å²) in [6, 6.07) is 0. The Kier molecular flexibility index (Phi) is 35.5. The van der Waals surface area contributed by atoms with Gasteiger partial charge in [0.1, 0.15) is 13.2 Å². The number of rotatable bonds is 37. The fourth-order valence-corrected chi connectivity index (χ4v) is 6.10. The highest BCUT2D eigenvalue weighted by atomic mass is 16.6. The monoisotopic (exact) mass is 681 g/mol. The van der Waals surface area contributed by atoms with Crippen molar-refractivity contribution in [2.45, 2.75) is 233 Å². The predicted molar refractivity (Wildman–Crippen MR) is 201 cm³/mol. The topological polar surface area (TPSA) is 78.9 Å². The Hall–Kier alpha value is -1.59. The third-order valence-corrected chi connectivity index (χ3v) is 9.29. The Morgan fingerprint density at radius 2 is 0.688 bits per heavy atom. The van der Waals surface area contributed by atoms with Gasteiger partial charge in [-0.3, -0.25) is 14.4 Å². The van der Waals surface area contributed by atoms with Crippen molar-refractivity contribution < 1.29 is 28.6 Å². The summed E-state index contributed by atoms with van der Waals surface area (Å²) in [6.07, 6.45) is 34.2. The zero-order chi connectivity index (χ0) is 35.3. The van der Waals surface area contributed by atoms with E-state index in [0.717, 1.165) is 70.1 Å². The van der Waals surface area contributed by atoms with Crippen LogP contribution in [-0.4, -0.2) is 37.2 Å². The predicted octanol–water partition coefficient (Wildman–Crippen LogP) is 12.8. The van der Waals surface area contributed by atoms with Crippen molar-refractivity contribution >= 4 is 17.9 Å². The molecule has 0 aromatic heterocycles. The summed E-state index contributed by atoms with van der Waals surface area (Å²) in [5, 5.41) is 0. The van der Waals surface area contributed by atoms with Gasteiger partial charge >= 0.3 is 17.9 Å². The average molecular weight is 681 g/mol. The van der Waals surface area contributed by atoms with Crippen LogP contribution in [0.3, 0.4) is 0 Å². The van der Waals surface area contributed by atoms with Crippen LogP contribution in [0, 0.1) is 5.92 Å². The molecule has 0 amide bonds. The van der Waals surface area contributed by atoms with Gasteiger partial charge in [-0.25, -0.2) is 0 Å². The molecule has 6 nitrogen and oxygen atoms in total. The molecule has 0 unspecified atom stereocenters. The van der Waals surface area contributed by atoms with Crippen LogP contribution in [0.25, 0.3) is 0 Å². The van der Waals surface area contributed by atoms with E-state index in [9.17, 15) is 14.4 Å². The van der Waals surface area contributed by atoms with Crippen molar-refractivity contribution in [3.05, 3.63) is 0 Å². The standard InChI is InChI=1S/C42H80O6/c1-5-7-9-11-21-27-31-35-42(45)48-39(36-46-40(43)33-29-24-10-8-6-2)37-47-41(44)34-30-26-23-20-18-16-14-12-13-15-17-19-22-25-28-32-38(3)4/h38-39H,5-37H2,1-4H3/t39-/m1/s1. The number of esters is 3. The third kappa shape index (κ3) is 35.7. The first-order valence-corrected chi connectivity index (χ1v) is 20.9. The number of ether oxygens (including phenoxy) is 3. The SMILES string of the molecule is CCCCCCCCCC(=O)O[C@H](COC(=O)CCCCCCC)COC(=O)CCCCCCCCCCCCCCCCCC(C)C. The summed E-state index contributed by atoms with van der Waals surface area (Å²) in [4.78, 5) is 37.2. The van der Waals surface area contributed by atoms with E-state index in [0.29, 0.717) is 19.3 Å². The maximum Gasteiger partial charge on any atom is 0.306 e. The second-order valence-electron chi connectivity index (χ2n) is 14.7. The van der Waals surface area contributed by atoms with Crippen LogP contribution in [0.5, 0.6) is 0 Å². The van der Waals surface area contributed by atoms with Crippen molar-refractivity contribution in [2.24, 2.45) is 5.92 Å². The molecule has 0 aromatic carbocycles. The van der Waals surface area contributed by atoms with Crippen molar-refractivity contribution in [1.82, 2.24) is 0 Å². The molecule has 0 N–H and O–H groups in total. The van der Waals surface area contributed by atoms with Gasteiger partial charge in [-0.05, 0) is 25.2 Å². The highest BCUT2D eigenvalue weighted by Gasteiger charge is 2.19. The number of unbranched alkanes of at least 4 members (excludes halogenated alkanes) is 24. The first-order chi connectivity index (χ1) is 23.4. The van der Waals surface area contributed by atoms with E-state index in [4.69, 9.17) is 14.2 Å². The van der Waals surface area contributed by atoms with Gasteiger partial charge < -0.3 is 14.2 Å². The Balaban J connectivity index is 4.07. The minimum atomic E-state index is -0.755. The molecule has 0 aliphatic heterocycles. The minimum Gasteiger partial charge on any atom is -0.462 e. The van der Waals surface area contributed by atoms with Crippen molar-refractivity contribution in [1.29, 1.82) is 0 Å². The molecule has 0 aliphatic rings. The minimum absolute atomic E-state index is 0.0658. The van der Waals surface area contributed by atoms with E-state index in [1.807, 2.05) is 0 Å². The first-order valence-electron chi connectivity index (χ1n) is 20.9. The summed E-state index contributed by atoms with van der Waals surface area (Å²) in [5.74, 6) is -0.0315. The van der Waals surface area contributed by atoms with Crippen molar-refractivity contribution in [2.75, 3.05) is 13.2 Å². The van der Waals surface area contributed by atoms with Gasteiger partial charge in [0, 0.05) is 19.3 Å². The van der Waals surface area contributed by atoms with Gasteiger partial charge in [0.05, 0.1) is 0 Å². The van der Waals surface area contributed by atoms with Gasteiger partial charge in [0.25, 0.3) is 0 Å². The lowest BCUT2D eigenvalue weighted by molar-refractivity contribution is -0.167. The highest BCUT2D eigenvalue weighted by Crippen LogP contribution is 2.16. The Bertz CT molecular complexity index is 721. The van der Waals surface area contributed by atoms with Crippen LogP contribution < -0.4 is 0 Å². The fraction of sp³-hybridized carbons (Fsp3) is 0.929. The lowest BCUT2D eigenvalue weighted by Crippen LogP contribution is -2.30. The Morgan fingerprint density at radius 3 is 1.02 bits per heavy atom. The molecular weight excluding hydrogens is 600 g/mol. The van der Waals surface area contributed by atoms with Crippen molar-refractivity contribution in [3.8, 4) is 0 Å². The van der Waals surface area contributed by atoms with Crippen molar-refractivity contribution in [3.63, 3.8) is 0 Å². The molecule has 0 spiro atoms. The van der Waals surface area contributed by atoms with Crippen LogP contribution in [-0.2, 0) is 28.6 Å². The van der Waals surface area contributed by atoms with E-state index in [1.54, 1.807) is 0 Å². The molecule has 0 fully saturated rings. The molecule has 284 valence electrons. The van der Waals surface area contributed by atoms with Gasteiger partial charge in [-0.1, -0.05) is 188 Å². The second-order valence-corrected chi connectivity index (χ2v) is 14.7. The molecule has 0 heterocycles. The maximum atomic E-state index is 12.5. The molecule has 1 atom stereocenters. The molecule has 48 heavy (non-hydrogen) atoms. The Labute approximate surface area is 298 Å². The number of hydrogen-bond donors (Lipinski definition) is 0. The zero-order valence-electron chi connectivity index (χ0n) is 32.4. The van der Waals surface area contributed by atoms with Crippen LogP contribution in [0.15, 0.2) is 0 Å². The molecule has 0 rings (SSSR count). The van der Waals surface area contributed by atoms with E-state index in [2.05, 4.69) is 27.7 Å². The molecule has 0 saturated carbocycles. The van der Waals surface area contributed by atoms with E-state index < -0.39 is 6.10 Å². The largest absolute Gasteiger partial charge is 0.462 e. The molecule has 0 aliphatic carbocycles. The van der Waals surface area contributed by atoms with Gasteiger partial charge in [0.2, 0.25) is 0 Å². The molecule has 0 radical (unpaired) electrons. The molecular formula is C42H80O6. The maximum absolute atomic E-state index is 12.5. The summed E-state index contributed by atoms with van der Waals surface area (Å²) < 4.78 is 16.5. The van der Waals surface area contributed by atoms with Crippen LogP contribution in [0.1, 0.15) is 227 Å². The first kappa shape index (κ1) is 46.4. The fourth-order valence-electron chi connectivity index (χ4n) is 6.10. The molecule has 0 bridgehead atoms. The average Bonchev–Trinajstić information content (AvgIpc) is 3.06. The summed E-state index contributed by atoms with van der Waals surface area (Å²) in [5.41, 5.74) is 0. The van der Waals surface area contributed by atoms with E-state index in [-0.39, 0.29) is 31.1 Å². The summed E-state index contributed by atoms with van der Waals surface area (Å²) in [7, 11) is 0. The van der Waals surface area contributed by atoms with E-state index >= 15 is 0 Å². The Morgan fingerprint density at radius 1 is 0.396 bits per heavy atom. The third-order valence-electron chi connectivity index (χ3n) is 9.29. The molecule has 0 aromatic rings. The number of hydrogen-bond acceptors (Lipinski definition) is 6. The number of carbonyl (C=O) groups is 3. The van der Waals surface area contributed by atoms with Crippen LogP contribution >= 0.6 is 0 Å². The highest BCUT2D eigenvalue weighted by molar-refractivity contribution is 5.71. The normalized spacial score (nSPS) is 11.9.